The second-order valence-electron chi connectivity index (χ2n) is 3.10. The van der Waals surface area contributed by atoms with Crippen LogP contribution >= 0.6 is 11.5 Å². The van der Waals surface area contributed by atoms with Crippen LogP contribution < -0.4 is 5.32 Å². The molecule has 15 heavy (non-hydrogen) atoms. The number of hydrogen-bond donors (Lipinski definition) is 1. The number of nitrogens with one attached hydrogen (secondary N) is 1. The van der Waals surface area contributed by atoms with Gasteiger partial charge in [-0.2, -0.15) is 0 Å². The summed E-state index contributed by atoms with van der Waals surface area (Å²) in [6.07, 6.45) is 1.69. The largest absolute Gasteiger partial charge is 0.309 e. The Labute approximate surface area is 91.1 Å². The Bertz CT molecular complexity index is 430. The molecule has 0 amide bonds. The number of aromatic nitrogens is 2. The molecule has 78 valence electrons. The van der Waals surface area contributed by atoms with Gasteiger partial charge in [0, 0.05) is 0 Å². The van der Waals surface area contributed by atoms with E-state index < -0.39 is 0 Å². The van der Waals surface area contributed by atoms with E-state index in [1.807, 2.05) is 13.1 Å². The molecule has 1 N–H and O–H groups in total. The van der Waals surface area contributed by atoms with Gasteiger partial charge in [-0.1, -0.05) is 16.6 Å². The minimum absolute atomic E-state index is 0.0410. The average molecular weight is 223 g/mol. The molecular weight excluding hydrogens is 213 g/mol. The fourth-order valence-electron chi connectivity index (χ4n) is 1.46. The van der Waals surface area contributed by atoms with Gasteiger partial charge >= 0.3 is 0 Å². The Balaban J connectivity index is 2.35. The first kappa shape index (κ1) is 10.2. The lowest BCUT2D eigenvalue weighted by molar-refractivity contribution is 0.618. The lowest BCUT2D eigenvalue weighted by atomic mass is 10.1. The van der Waals surface area contributed by atoms with E-state index in [2.05, 4.69) is 14.9 Å². The molecule has 3 nitrogen and oxygen atoms in total. The molecule has 2 aromatic rings. The fourth-order valence-corrected chi connectivity index (χ4v) is 2.10. The summed E-state index contributed by atoms with van der Waals surface area (Å²) in [5.74, 6) is -0.231. The van der Waals surface area contributed by atoms with Crippen molar-refractivity contribution < 1.29 is 4.39 Å². The number of halogens is 1. The van der Waals surface area contributed by atoms with E-state index in [1.165, 1.54) is 23.7 Å². The quantitative estimate of drug-likeness (QED) is 0.864. The normalized spacial score (nSPS) is 12.7. The lowest BCUT2D eigenvalue weighted by Gasteiger charge is -2.13. The predicted molar refractivity (Wildman–Crippen MR) is 57.2 cm³/mol. The van der Waals surface area contributed by atoms with Gasteiger partial charge in [0.1, 0.15) is 5.82 Å². The zero-order valence-corrected chi connectivity index (χ0v) is 8.96. The van der Waals surface area contributed by atoms with Crippen molar-refractivity contribution in [2.24, 2.45) is 0 Å². The van der Waals surface area contributed by atoms with Crippen molar-refractivity contribution in [1.82, 2.24) is 14.9 Å². The van der Waals surface area contributed by atoms with Crippen molar-refractivity contribution in [1.29, 1.82) is 0 Å². The molecule has 5 heteroatoms. The van der Waals surface area contributed by atoms with Gasteiger partial charge in [0.25, 0.3) is 0 Å². The summed E-state index contributed by atoms with van der Waals surface area (Å²) in [4.78, 5) is 0.975. The van der Waals surface area contributed by atoms with Crippen molar-refractivity contribution >= 4 is 11.5 Å². The molecule has 1 aromatic carbocycles. The van der Waals surface area contributed by atoms with Crippen molar-refractivity contribution in [3.8, 4) is 0 Å². The molecule has 1 atom stereocenters. The van der Waals surface area contributed by atoms with Crippen LogP contribution in [0.1, 0.15) is 16.5 Å². The Hall–Kier alpha value is -1.33. The number of hydrogen-bond acceptors (Lipinski definition) is 4. The molecule has 0 aliphatic heterocycles. The molecule has 0 saturated heterocycles. The average Bonchev–Trinajstić information content (AvgIpc) is 2.72. The second-order valence-corrected chi connectivity index (χ2v) is 3.91. The monoisotopic (exact) mass is 223 g/mol. The van der Waals surface area contributed by atoms with Crippen molar-refractivity contribution in [2.75, 3.05) is 7.05 Å². The minimum atomic E-state index is -0.231. The summed E-state index contributed by atoms with van der Waals surface area (Å²) in [7, 11) is 1.83. The smallest absolute Gasteiger partial charge is 0.123 e. The van der Waals surface area contributed by atoms with Gasteiger partial charge in [-0.15, -0.1) is 5.10 Å². The molecule has 0 bridgehead atoms. The van der Waals surface area contributed by atoms with E-state index in [0.29, 0.717) is 0 Å². The van der Waals surface area contributed by atoms with E-state index in [9.17, 15) is 4.39 Å². The molecule has 2 rings (SSSR count). The third kappa shape index (κ3) is 2.19. The van der Waals surface area contributed by atoms with Crippen LogP contribution in [-0.4, -0.2) is 16.6 Å². The van der Waals surface area contributed by atoms with Gasteiger partial charge in [-0.3, -0.25) is 0 Å². The highest BCUT2D eigenvalue weighted by atomic mass is 32.1. The molecule has 0 saturated carbocycles. The Morgan fingerprint density at radius 1 is 1.47 bits per heavy atom. The van der Waals surface area contributed by atoms with Crippen molar-refractivity contribution in [3.05, 3.63) is 46.7 Å². The zero-order chi connectivity index (χ0) is 10.7. The van der Waals surface area contributed by atoms with Gasteiger partial charge < -0.3 is 5.32 Å². The summed E-state index contributed by atoms with van der Waals surface area (Å²) < 4.78 is 16.8. The highest BCUT2D eigenvalue weighted by molar-refractivity contribution is 7.05. The lowest BCUT2D eigenvalue weighted by Crippen LogP contribution is -2.16. The summed E-state index contributed by atoms with van der Waals surface area (Å²) in [5.41, 5.74) is 0.878. The maximum absolute atomic E-state index is 13.0. The third-order valence-electron chi connectivity index (χ3n) is 2.13. The summed E-state index contributed by atoms with van der Waals surface area (Å²) in [6, 6.07) is 6.48. The molecule has 0 spiro atoms. The molecular formula is C10H10FN3S. The maximum Gasteiger partial charge on any atom is 0.123 e. The molecule has 0 aliphatic carbocycles. The Kier molecular flexibility index (Phi) is 3.03. The van der Waals surface area contributed by atoms with Crippen LogP contribution in [-0.2, 0) is 0 Å². The molecule has 1 aromatic heterocycles. The van der Waals surface area contributed by atoms with Gasteiger partial charge in [0.2, 0.25) is 0 Å². The number of rotatable bonds is 3. The van der Waals surface area contributed by atoms with E-state index in [-0.39, 0.29) is 11.9 Å². The third-order valence-corrected chi connectivity index (χ3v) is 2.86. The highest BCUT2D eigenvalue weighted by Gasteiger charge is 2.14. The standard InChI is InChI=1S/C10H10FN3S/c1-12-10(9-6-13-14-15-9)7-3-2-4-8(11)5-7/h2-6,10,12H,1H3. The highest BCUT2D eigenvalue weighted by Crippen LogP contribution is 2.23. The van der Waals surface area contributed by atoms with E-state index in [4.69, 9.17) is 0 Å². The molecule has 1 heterocycles. The van der Waals surface area contributed by atoms with Gasteiger partial charge in [0.05, 0.1) is 17.1 Å². The predicted octanol–water partition coefficient (Wildman–Crippen LogP) is 1.99. The van der Waals surface area contributed by atoms with Crippen LogP contribution in [0.5, 0.6) is 0 Å². The second kappa shape index (κ2) is 4.46. The van der Waals surface area contributed by atoms with Crippen LogP contribution in [0.25, 0.3) is 0 Å². The van der Waals surface area contributed by atoms with E-state index >= 15 is 0 Å². The number of nitrogens with zero attached hydrogens (tertiary/aromatic N) is 2. The van der Waals surface area contributed by atoms with Crippen LogP contribution in [0.2, 0.25) is 0 Å². The summed E-state index contributed by atoms with van der Waals surface area (Å²) in [6.45, 7) is 0. The first-order valence-electron chi connectivity index (χ1n) is 4.51. The van der Waals surface area contributed by atoms with Crippen molar-refractivity contribution in [3.63, 3.8) is 0 Å². The molecule has 0 radical (unpaired) electrons. The zero-order valence-electron chi connectivity index (χ0n) is 8.14. The summed E-state index contributed by atoms with van der Waals surface area (Å²) >= 11 is 1.31. The summed E-state index contributed by atoms with van der Waals surface area (Å²) in [5, 5.41) is 6.89. The Morgan fingerprint density at radius 3 is 2.93 bits per heavy atom. The first-order chi connectivity index (χ1) is 7.31. The Morgan fingerprint density at radius 2 is 2.33 bits per heavy atom. The molecule has 0 aliphatic rings. The number of benzene rings is 1. The first-order valence-corrected chi connectivity index (χ1v) is 5.28. The maximum atomic E-state index is 13.0. The van der Waals surface area contributed by atoms with Crippen LogP contribution in [0.15, 0.2) is 30.5 Å². The van der Waals surface area contributed by atoms with Gasteiger partial charge in [0.15, 0.2) is 0 Å². The molecule has 1 unspecified atom stereocenters. The van der Waals surface area contributed by atoms with E-state index in [0.717, 1.165) is 10.4 Å². The van der Waals surface area contributed by atoms with Crippen LogP contribution in [0, 0.1) is 5.82 Å². The van der Waals surface area contributed by atoms with Crippen LogP contribution in [0.4, 0.5) is 4.39 Å². The van der Waals surface area contributed by atoms with Crippen molar-refractivity contribution in [2.45, 2.75) is 6.04 Å². The molecule has 0 fully saturated rings. The van der Waals surface area contributed by atoms with E-state index in [1.54, 1.807) is 12.3 Å². The minimum Gasteiger partial charge on any atom is -0.309 e. The van der Waals surface area contributed by atoms with Gasteiger partial charge in [-0.05, 0) is 36.3 Å². The van der Waals surface area contributed by atoms with Crippen LogP contribution in [0.3, 0.4) is 0 Å². The fraction of sp³-hybridized carbons (Fsp3) is 0.200. The topological polar surface area (TPSA) is 37.8 Å². The SMILES string of the molecule is CNC(c1cccc(F)c1)c1cnns1. The van der Waals surface area contributed by atoms with Gasteiger partial charge in [-0.25, -0.2) is 4.39 Å².